The molecule has 2 aliphatic rings. The molecule has 2 rings (SSSR count). The van der Waals surface area contributed by atoms with Crippen LogP contribution in [0.1, 0.15) is 25.7 Å². The lowest BCUT2D eigenvalue weighted by atomic mass is 9.98. The average molecular weight is 300 g/mol. The molecule has 0 saturated carbocycles. The third-order valence-electron chi connectivity index (χ3n) is 3.14. The molecule has 1 aliphatic heterocycles. The molecule has 1 heterocycles. The number of carbonyl (C=O) groups excluding carboxylic acids is 1. The van der Waals surface area contributed by atoms with Crippen molar-refractivity contribution in [3.63, 3.8) is 0 Å². The summed E-state index contributed by atoms with van der Waals surface area (Å²) in [6, 6.07) is 0. The highest BCUT2D eigenvalue weighted by Crippen LogP contribution is 2.31. The fourth-order valence-electron chi connectivity index (χ4n) is 2.18. The van der Waals surface area contributed by atoms with Gasteiger partial charge in [0.15, 0.2) is 5.17 Å². The van der Waals surface area contributed by atoms with E-state index in [4.69, 9.17) is 11.6 Å². The molecule has 0 N–H and O–H groups in total. The van der Waals surface area contributed by atoms with Crippen LogP contribution in [0.5, 0.6) is 0 Å². The average Bonchev–Trinajstić information content (AvgIpc) is 2.69. The van der Waals surface area contributed by atoms with Gasteiger partial charge in [-0.1, -0.05) is 23.4 Å². The van der Waals surface area contributed by atoms with E-state index >= 15 is 0 Å². The molecule has 1 amide bonds. The molecule has 4 nitrogen and oxygen atoms in total. The van der Waals surface area contributed by atoms with Crippen molar-refractivity contribution in [2.24, 2.45) is 4.99 Å². The van der Waals surface area contributed by atoms with Gasteiger partial charge in [-0.3, -0.25) is 4.79 Å². The Kier molecular flexibility index (Phi) is 4.71. The maximum Gasteiger partial charge on any atom is 0.293 e. The third-order valence-corrected chi connectivity index (χ3v) is 4.20. The summed E-state index contributed by atoms with van der Waals surface area (Å²) in [5, 5.41) is 4.90. The van der Waals surface area contributed by atoms with E-state index in [-0.39, 0.29) is 5.91 Å². The van der Waals surface area contributed by atoms with Crippen molar-refractivity contribution >= 4 is 34.4 Å². The summed E-state index contributed by atoms with van der Waals surface area (Å²) in [6.07, 6.45) is 7.86. The van der Waals surface area contributed by atoms with Crippen molar-refractivity contribution in [3.05, 3.63) is 22.4 Å². The zero-order valence-corrected chi connectivity index (χ0v) is 13.0. The Morgan fingerprint density at radius 1 is 1.37 bits per heavy atom. The smallest absolute Gasteiger partial charge is 0.265 e. The molecule has 0 bridgehead atoms. The van der Waals surface area contributed by atoms with Crippen LogP contribution in [-0.4, -0.2) is 41.4 Å². The Hall–Kier alpha value is -0.780. The first kappa shape index (κ1) is 14.6. The summed E-state index contributed by atoms with van der Waals surface area (Å²) in [6.45, 7) is 0. The number of amides is 1. The fourth-order valence-corrected chi connectivity index (χ4v) is 3.07. The van der Waals surface area contributed by atoms with Gasteiger partial charge in [-0.05, 0) is 43.6 Å². The van der Waals surface area contributed by atoms with Crippen LogP contribution in [-0.2, 0) is 4.79 Å². The molecule has 1 aliphatic carbocycles. The lowest BCUT2D eigenvalue weighted by Crippen LogP contribution is -2.41. The van der Waals surface area contributed by atoms with Gasteiger partial charge in [-0.2, -0.15) is 0 Å². The monoisotopic (exact) mass is 299 g/mol. The molecule has 0 radical (unpaired) electrons. The van der Waals surface area contributed by atoms with Gasteiger partial charge >= 0.3 is 0 Å². The zero-order valence-electron chi connectivity index (χ0n) is 11.4. The molecule has 0 fully saturated rings. The predicted octanol–water partition coefficient (Wildman–Crippen LogP) is 2.98. The lowest BCUT2D eigenvalue weighted by Gasteiger charge is -2.23. The number of rotatable bonds is 2. The number of carbonyl (C=O) groups is 1. The number of thioether (sulfide) groups is 1. The molecular weight excluding hydrogens is 282 g/mol. The van der Waals surface area contributed by atoms with Crippen LogP contribution in [0.3, 0.4) is 0 Å². The highest BCUT2D eigenvalue weighted by Gasteiger charge is 2.31. The van der Waals surface area contributed by atoms with E-state index in [1.807, 2.05) is 26.4 Å². The van der Waals surface area contributed by atoms with Crippen LogP contribution in [0, 0.1) is 0 Å². The lowest BCUT2D eigenvalue weighted by molar-refractivity contribution is -0.130. The third kappa shape index (κ3) is 3.04. The Balaban J connectivity index is 2.31. The minimum Gasteiger partial charge on any atom is -0.265 e. The molecule has 0 unspecified atom stereocenters. The van der Waals surface area contributed by atoms with E-state index in [1.54, 1.807) is 10.0 Å². The number of amidine groups is 1. The minimum atomic E-state index is -0.0862. The summed E-state index contributed by atoms with van der Waals surface area (Å²) in [7, 11) is 3.67. The largest absolute Gasteiger partial charge is 0.293 e. The quantitative estimate of drug-likeness (QED) is 0.736. The standard InChI is InChI=1S/C13H18ClN3OS/c1-16(2)17-12(18)11(15-13(17)19-3)8-9-6-4-5-7-10(9)14/h8H,4-7H2,1-3H3/b11-8-. The SMILES string of the molecule is CSC1=N/C(=C\C2=C(Cl)CCCC2)C(=O)N1N(C)C. The van der Waals surface area contributed by atoms with Gasteiger partial charge in [-0.25, -0.2) is 15.0 Å². The van der Waals surface area contributed by atoms with Crippen molar-refractivity contribution < 1.29 is 4.79 Å². The second kappa shape index (κ2) is 6.11. The molecule has 104 valence electrons. The number of hydrazine groups is 1. The van der Waals surface area contributed by atoms with Gasteiger partial charge in [0.1, 0.15) is 5.70 Å². The van der Waals surface area contributed by atoms with Crippen molar-refractivity contribution in [3.8, 4) is 0 Å². The van der Waals surface area contributed by atoms with Crippen LogP contribution < -0.4 is 0 Å². The molecule has 0 saturated heterocycles. The Morgan fingerprint density at radius 3 is 2.58 bits per heavy atom. The summed E-state index contributed by atoms with van der Waals surface area (Å²) in [5.74, 6) is -0.0862. The number of nitrogens with zero attached hydrogens (tertiary/aromatic N) is 3. The topological polar surface area (TPSA) is 35.9 Å². The summed E-state index contributed by atoms with van der Waals surface area (Å²) < 4.78 is 0. The molecule has 0 atom stereocenters. The maximum absolute atomic E-state index is 12.3. The number of allylic oxidation sites excluding steroid dienone is 3. The number of halogens is 1. The summed E-state index contributed by atoms with van der Waals surface area (Å²) >= 11 is 7.69. The molecule has 0 spiro atoms. The molecule has 0 aromatic rings. The first-order chi connectivity index (χ1) is 9.04. The van der Waals surface area contributed by atoms with Gasteiger partial charge < -0.3 is 0 Å². The molecule has 0 aromatic heterocycles. The van der Waals surface area contributed by atoms with Gasteiger partial charge in [-0.15, -0.1) is 0 Å². The highest BCUT2D eigenvalue weighted by molar-refractivity contribution is 8.13. The van der Waals surface area contributed by atoms with E-state index in [9.17, 15) is 4.79 Å². The van der Waals surface area contributed by atoms with Gasteiger partial charge in [0, 0.05) is 19.1 Å². The van der Waals surface area contributed by atoms with Crippen molar-refractivity contribution in [1.82, 2.24) is 10.0 Å². The van der Waals surface area contributed by atoms with Gasteiger partial charge in [0.2, 0.25) is 0 Å². The number of hydrogen-bond acceptors (Lipinski definition) is 4. The zero-order chi connectivity index (χ0) is 14.0. The molecule has 19 heavy (non-hydrogen) atoms. The van der Waals surface area contributed by atoms with Crippen LogP contribution in [0.4, 0.5) is 0 Å². The van der Waals surface area contributed by atoms with Crippen molar-refractivity contribution in [2.45, 2.75) is 25.7 Å². The fraction of sp³-hybridized carbons (Fsp3) is 0.538. The van der Waals surface area contributed by atoms with Gasteiger partial charge in [0.05, 0.1) is 0 Å². The first-order valence-electron chi connectivity index (χ1n) is 6.28. The second-order valence-corrected chi connectivity index (χ2v) is 5.96. The van der Waals surface area contributed by atoms with E-state index in [2.05, 4.69) is 4.99 Å². The second-order valence-electron chi connectivity index (χ2n) is 4.73. The molecule has 6 heteroatoms. The number of aliphatic imine (C=N–C) groups is 1. The normalized spacial score (nSPS) is 22.8. The summed E-state index contributed by atoms with van der Waals surface area (Å²) in [5.41, 5.74) is 1.54. The van der Waals surface area contributed by atoms with Crippen LogP contribution in [0.2, 0.25) is 0 Å². The minimum absolute atomic E-state index is 0.0862. The summed E-state index contributed by atoms with van der Waals surface area (Å²) in [4.78, 5) is 16.7. The van der Waals surface area contributed by atoms with Crippen LogP contribution in [0.15, 0.2) is 27.4 Å². The van der Waals surface area contributed by atoms with E-state index < -0.39 is 0 Å². The van der Waals surface area contributed by atoms with E-state index in [0.717, 1.165) is 36.3 Å². The highest BCUT2D eigenvalue weighted by atomic mass is 35.5. The first-order valence-corrected chi connectivity index (χ1v) is 7.88. The predicted molar refractivity (Wildman–Crippen MR) is 80.9 cm³/mol. The molecular formula is C13H18ClN3OS. The molecule has 0 aromatic carbocycles. The van der Waals surface area contributed by atoms with E-state index in [0.29, 0.717) is 10.9 Å². The van der Waals surface area contributed by atoms with Crippen LogP contribution in [0.25, 0.3) is 0 Å². The Morgan fingerprint density at radius 2 is 2.05 bits per heavy atom. The Labute approximate surface area is 123 Å². The van der Waals surface area contributed by atoms with Gasteiger partial charge in [0.25, 0.3) is 5.91 Å². The number of hydrogen-bond donors (Lipinski definition) is 0. The van der Waals surface area contributed by atoms with E-state index in [1.165, 1.54) is 11.8 Å². The van der Waals surface area contributed by atoms with Crippen molar-refractivity contribution in [1.29, 1.82) is 0 Å². The Bertz CT molecular complexity index is 482. The maximum atomic E-state index is 12.3. The van der Waals surface area contributed by atoms with Crippen LogP contribution >= 0.6 is 23.4 Å². The van der Waals surface area contributed by atoms with Crippen molar-refractivity contribution in [2.75, 3.05) is 20.4 Å².